The second-order valence-corrected chi connectivity index (χ2v) is 11.1. The van der Waals surface area contributed by atoms with Crippen LogP contribution < -0.4 is 21.1 Å². The van der Waals surface area contributed by atoms with Gasteiger partial charge in [-0.1, -0.05) is 0 Å². The number of carbonyl (C=O) groups is 2. The third kappa shape index (κ3) is 6.01. The van der Waals surface area contributed by atoms with Crippen LogP contribution >= 0.6 is 0 Å². The molecule has 1 saturated heterocycles. The SMILES string of the molecule is NC(=O)c1cc(F)c(NC2CCCCC2[As])nc1Nc1ccc2nc(OCCN3CCCC3=O)ccc2c1. The molecule has 0 bridgehead atoms. The third-order valence-electron chi connectivity index (χ3n) is 7.00. The van der Waals surface area contributed by atoms with Crippen molar-refractivity contribution < 1.29 is 18.7 Å². The minimum absolute atomic E-state index is 0.0287. The van der Waals surface area contributed by atoms with Crippen LogP contribution in [0.1, 0.15) is 48.9 Å². The summed E-state index contributed by atoms with van der Waals surface area (Å²) in [5, 5.41) is 7.19. The average molecular weight is 580 g/mol. The predicted octanol–water partition coefficient (Wildman–Crippen LogP) is 3.92. The monoisotopic (exact) mass is 580 g/mol. The van der Waals surface area contributed by atoms with Crippen molar-refractivity contribution in [2.45, 2.75) is 49.3 Å². The van der Waals surface area contributed by atoms with Gasteiger partial charge in [0.2, 0.25) is 11.8 Å². The number of benzene rings is 1. The zero-order chi connectivity index (χ0) is 26.6. The second kappa shape index (κ2) is 11.6. The molecule has 2 aromatic heterocycles. The molecule has 198 valence electrons. The number of likely N-dealkylation sites (tertiary alicyclic amines) is 1. The van der Waals surface area contributed by atoms with Gasteiger partial charge in [0, 0.05) is 13.0 Å². The van der Waals surface area contributed by atoms with Crippen molar-refractivity contribution >= 4 is 56.9 Å². The number of hydrogen-bond donors (Lipinski definition) is 3. The van der Waals surface area contributed by atoms with Crippen LogP contribution in [0.2, 0.25) is 4.71 Å². The number of nitrogens with zero attached hydrogens (tertiary/aromatic N) is 3. The summed E-state index contributed by atoms with van der Waals surface area (Å²) < 4.78 is 21.0. The predicted molar refractivity (Wildman–Crippen MR) is 144 cm³/mol. The number of nitrogens with two attached hydrogens (primary N) is 1. The Morgan fingerprint density at radius 3 is 2.74 bits per heavy atom. The summed E-state index contributed by atoms with van der Waals surface area (Å²) in [6.07, 6.45) is 5.73. The second-order valence-electron chi connectivity index (χ2n) is 9.70. The first-order chi connectivity index (χ1) is 18.4. The number of nitrogens with one attached hydrogen (secondary N) is 2. The number of aromatic nitrogens is 2. The van der Waals surface area contributed by atoms with E-state index in [2.05, 4.69) is 37.5 Å². The van der Waals surface area contributed by atoms with Gasteiger partial charge in [0.15, 0.2) is 0 Å². The molecular weight excluding hydrogens is 550 g/mol. The molecule has 5 rings (SSSR count). The number of anilines is 3. The molecule has 2 unspecified atom stereocenters. The first kappa shape index (κ1) is 26.2. The number of hydrogen-bond acceptors (Lipinski definition) is 7. The Labute approximate surface area is 229 Å². The molecule has 2 aliphatic rings. The Hall–Kier alpha value is -3.39. The zero-order valence-electron chi connectivity index (χ0n) is 21.0. The standard InChI is InChI=1S/C27H30AsFN6O3/c28-19-4-1-2-5-22(19)33-27-20(29)15-18(25(30)37)26(34-27)31-17-8-9-21-16(14-17)7-10-23(32-21)38-13-12-35-11-3-6-24(35)36/h7-10,14-15,19,22H,1-6,11-13H2,(H2,30,37)(H2,31,33,34). The van der Waals surface area contributed by atoms with Gasteiger partial charge < -0.3 is 9.64 Å². The number of ether oxygens (including phenoxy) is 1. The number of fused-ring (bicyclic) bond motifs is 1. The van der Waals surface area contributed by atoms with Crippen molar-refractivity contribution in [3.8, 4) is 5.88 Å². The number of pyridine rings is 2. The molecule has 2 radical (unpaired) electrons. The first-order valence-electron chi connectivity index (χ1n) is 12.9. The molecular formula is C27H30AsFN6O3. The van der Waals surface area contributed by atoms with Gasteiger partial charge in [0.05, 0.1) is 6.54 Å². The number of halogens is 1. The molecule has 2 fully saturated rings. The average Bonchev–Trinajstić information content (AvgIpc) is 3.31. The summed E-state index contributed by atoms with van der Waals surface area (Å²) in [7, 11) is 0. The molecule has 9 nitrogen and oxygen atoms in total. The van der Waals surface area contributed by atoms with Crippen LogP contribution in [0, 0.1) is 5.82 Å². The zero-order valence-corrected chi connectivity index (χ0v) is 22.8. The maximum atomic E-state index is 14.8. The number of amides is 2. The summed E-state index contributed by atoms with van der Waals surface area (Å²) in [5.74, 6) is -0.455. The molecule has 11 heteroatoms. The van der Waals surface area contributed by atoms with Crippen LogP contribution in [-0.2, 0) is 4.79 Å². The number of primary amides is 1. The number of carbonyl (C=O) groups excluding carboxylic acids is 2. The van der Waals surface area contributed by atoms with E-state index in [1.54, 1.807) is 17.0 Å². The molecule has 1 saturated carbocycles. The van der Waals surface area contributed by atoms with Crippen molar-refractivity contribution in [3.63, 3.8) is 0 Å². The molecule has 2 amide bonds. The van der Waals surface area contributed by atoms with Gasteiger partial charge >= 0.3 is 171 Å². The Kier molecular flexibility index (Phi) is 7.98. The van der Waals surface area contributed by atoms with Gasteiger partial charge in [-0.25, -0.2) is 0 Å². The quantitative estimate of drug-likeness (QED) is 0.328. The summed E-state index contributed by atoms with van der Waals surface area (Å²) in [6, 6.07) is 10.4. The van der Waals surface area contributed by atoms with E-state index in [9.17, 15) is 14.0 Å². The van der Waals surface area contributed by atoms with E-state index in [4.69, 9.17) is 10.5 Å². The van der Waals surface area contributed by atoms with E-state index < -0.39 is 11.7 Å². The topological polar surface area (TPSA) is 122 Å². The molecule has 3 heterocycles. The molecule has 1 aromatic carbocycles. The maximum absolute atomic E-state index is 14.8. The van der Waals surface area contributed by atoms with E-state index in [0.29, 0.717) is 35.8 Å². The van der Waals surface area contributed by atoms with Gasteiger partial charge in [-0.2, -0.15) is 0 Å². The normalized spacial score (nSPS) is 19.5. The van der Waals surface area contributed by atoms with Crippen LogP contribution in [0.4, 0.5) is 21.7 Å². The van der Waals surface area contributed by atoms with E-state index in [0.717, 1.165) is 55.6 Å². The fraction of sp³-hybridized carbons (Fsp3) is 0.407. The summed E-state index contributed by atoms with van der Waals surface area (Å²) in [5.41, 5.74) is 6.88. The van der Waals surface area contributed by atoms with Crippen LogP contribution in [0.15, 0.2) is 36.4 Å². The van der Waals surface area contributed by atoms with E-state index in [1.807, 2.05) is 18.2 Å². The van der Waals surface area contributed by atoms with Gasteiger partial charge in [-0.3, -0.25) is 4.79 Å². The fourth-order valence-corrected chi connectivity index (χ4v) is 5.78. The molecule has 3 aromatic rings. The summed E-state index contributed by atoms with van der Waals surface area (Å²) in [4.78, 5) is 34.6. The Morgan fingerprint density at radius 2 is 1.97 bits per heavy atom. The third-order valence-corrected chi connectivity index (χ3v) is 8.30. The van der Waals surface area contributed by atoms with Crippen LogP contribution in [-0.4, -0.2) is 69.3 Å². The van der Waals surface area contributed by atoms with Gasteiger partial charge in [-0.15, -0.1) is 0 Å². The summed E-state index contributed by atoms with van der Waals surface area (Å²) >= 11 is 2.66. The molecule has 1 aliphatic heterocycles. The van der Waals surface area contributed by atoms with Crippen molar-refractivity contribution in [1.29, 1.82) is 0 Å². The Balaban J connectivity index is 1.31. The fourth-order valence-electron chi connectivity index (χ4n) is 4.93. The van der Waals surface area contributed by atoms with Gasteiger partial charge in [0.25, 0.3) is 0 Å². The molecule has 2 atom stereocenters. The van der Waals surface area contributed by atoms with Crippen LogP contribution in [0.3, 0.4) is 0 Å². The first-order valence-corrected chi connectivity index (χ1v) is 14.0. The van der Waals surface area contributed by atoms with Crippen molar-refractivity contribution in [2.75, 3.05) is 30.3 Å². The molecule has 0 spiro atoms. The Bertz CT molecular complexity index is 1360. The van der Waals surface area contributed by atoms with Crippen molar-refractivity contribution in [3.05, 3.63) is 47.8 Å². The van der Waals surface area contributed by atoms with Crippen LogP contribution in [0.25, 0.3) is 10.9 Å². The molecule has 1 aliphatic carbocycles. The minimum atomic E-state index is -0.770. The molecule has 38 heavy (non-hydrogen) atoms. The van der Waals surface area contributed by atoms with Crippen molar-refractivity contribution in [1.82, 2.24) is 14.9 Å². The van der Waals surface area contributed by atoms with Gasteiger partial charge in [-0.05, 0) is 6.42 Å². The summed E-state index contributed by atoms with van der Waals surface area (Å²) in [6.45, 7) is 1.70. The van der Waals surface area contributed by atoms with Crippen LogP contribution in [0.5, 0.6) is 5.88 Å². The Morgan fingerprint density at radius 1 is 1.13 bits per heavy atom. The number of rotatable bonds is 9. The van der Waals surface area contributed by atoms with E-state index >= 15 is 0 Å². The van der Waals surface area contributed by atoms with E-state index in [1.165, 1.54) is 0 Å². The van der Waals surface area contributed by atoms with Gasteiger partial charge in [0.1, 0.15) is 6.61 Å². The van der Waals surface area contributed by atoms with E-state index in [-0.39, 0.29) is 29.1 Å². The van der Waals surface area contributed by atoms with Crippen molar-refractivity contribution in [2.24, 2.45) is 5.73 Å². The molecule has 4 N–H and O–H groups in total.